The van der Waals surface area contributed by atoms with Gasteiger partial charge in [0, 0.05) is 12.1 Å². The molecule has 124 valence electrons. The molecular weight excluding hydrogens is 316 g/mol. The Bertz CT molecular complexity index is 478. The molecule has 1 fully saturated rings. The average molecular weight is 343 g/mol. The minimum absolute atomic E-state index is 0.0289. The van der Waals surface area contributed by atoms with Crippen LogP contribution < -0.4 is 10.6 Å². The van der Waals surface area contributed by atoms with Crippen molar-refractivity contribution >= 4 is 34.1 Å². The Hall–Kier alpha value is -0.820. The summed E-state index contributed by atoms with van der Waals surface area (Å²) in [5.74, 6) is 1.18. The van der Waals surface area contributed by atoms with E-state index >= 15 is 0 Å². The van der Waals surface area contributed by atoms with E-state index in [1.165, 1.54) is 55.2 Å². The van der Waals surface area contributed by atoms with Gasteiger partial charge in [0.05, 0.1) is 5.75 Å². The van der Waals surface area contributed by atoms with Gasteiger partial charge in [-0.05, 0) is 39.5 Å². The lowest BCUT2D eigenvalue weighted by Gasteiger charge is -2.21. The molecule has 1 aromatic rings. The Kier molecular flexibility index (Phi) is 6.50. The van der Waals surface area contributed by atoms with E-state index in [2.05, 4.69) is 41.6 Å². The van der Waals surface area contributed by atoms with E-state index in [1.54, 1.807) is 0 Å². The number of aromatic nitrogens is 2. The van der Waals surface area contributed by atoms with E-state index < -0.39 is 0 Å². The number of rotatable bonds is 6. The first-order chi connectivity index (χ1) is 10.4. The summed E-state index contributed by atoms with van der Waals surface area (Å²) in [6.45, 7) is 7.08. The SMILES string of the molecule is CC(C)(C)Nc1nnc(SCC(=O)NCC2CCCCC2)s1. The third kappa shape index (κ3) is 6.52. The van der Waals surface area contributed by atoms with Crippen LogP contribution in [-0.2, 0) is 4.79 Å². The molecule has 1 aromatic heterocycles. The van der Waals surface area contributed by atoms with Crippen LogP contribution in [0, 0.1) is 5.92 Å². The number of thioether (sulfide) groups is 1. The summed E-state index contributed by atoms with van der Waals surface area (Å²) in [5.41, 5.74) is -0.0289. The molecule has 5 nitrogen and oxygen atoms in total. The van der Waals surface area contributed by atoms with E-state index in [-0.39, 0.29) is 11.4 Å². The molecule has 1 amide bonds. The zero-order chi connectivity index (χ0) is 16.0. The minimum Gasteiger partial charge on any atom is -0.355 e. The van der Waals surface area contributed by atoms with Crippen LogP contribution in [0.3, 0.4) is 0 Å². The van der Waals surface area contributed by atoms with Crippen molar-refractivity contribution in [2.24, 2.45) is 5.92 Å². The summed E-state index contributed by atoms with van der Waals surface area (Å²) in [6, 6.07) is 0. The first kappa shape index (κ1) is 17.5. The fourth-order valence-corrected chi connectivity index (χ4v) is 4.26. The number of nitrogens with one attached hydrogen (secondary N) is 2. The number of carbonyl (C=O) groups excluding carboxylic acids is 1. The first-order valence-corrected chi connectivity index (χ1v) is 9.74. The minimum atomic E-state index is -0.0289. The largest absolute Gasteiger partial charge is 0.355 e. The fraction of sp³-hybridized carbons (Fsp3) is 0.800. The standard InChI is InChI=1S/C15H26N4OS2/c1-15(2,3)17-13-18-19-14(22-13)21-10-12(20)16-9-11-7-5-4-6-8-11/h11H,4-10H2,1-3H3,(H,16,20)(H,17,18). The second-order valence-corrected chi connectivity index (χ2v) is 9.04. The zero-order valence-electron chi connectivity index (χ0n) is 13.6. The molecule has 2 rings (SSSR count). The van der Waals surface area contributed by atoms with E-state index in [9.17, 15) is 4.79 Å². The Labute approximate surface area is 141 Å². The van der Waals surface area contributed by atoms with Gasteiger partial charge in [0.15, 0.2) is 4.34 Å². The fourth-order valence-electron chi connectivity index (χ4n) is 2.47. The lowest BCUT2D eigenvalue weighted by atomic mass is 9.89. The Morgan fingerprint density at radius 2 is 2.00 bits per heavy atom. The third-order valence-electron chi connectivity index (χ3n) is 3.53. The van der Waals surface area contributed by atoms with Gasteiger partial charge in [-0.1, -0.05) is 42.4 Å². The van der Waals surface area contributed by atoms with Crippen molar-refractivity contribution in [3.05, 3.63) is 0 Å². The molecule has 2 N–H and O–H groups in total. The van der Waals surface area contributed by atoms with Crippen LogP contribution in [0.25, 0.3) is 0 Å². The molecule has 0 saturated heterocycles. The molecule has 0 aromatic carbocycles. The molecule has 0 unspecified atom stereocenters. The van der Waals surface area contributed by atoms with E-state index in [0.29, 0.717) is 11.7 Å². The third-order valence-corrected chi connectivity index (χ3v) is 5.50. The summed E-state index contributed by atoms with van der Waals surface area (Å²) in [5, 5.41) is 15.4. The van der Waals surface area contributed by atoms with Gasteiger partial charge in [0.25, 0.3) is 0 Å². The second kappa shape index (κ2) is 8.15. The highest BCUT2D eigenvalue weighted by Gasteiger charge is 2.16. The van der Waals surface area contributed by atoms with E-state index in [4.69, 9.17) is 0 Å². The number of nitrogens with zero attached hydrogens (tertiary/aromatic N) is 2. The molecule has 0 radical (unpaired) electrons. The van der Waals surface area contributed by atoms with Crippen molar-refractivity contribution in [3.8, 4) is 0 Å². The van der Waals surface area contributed by atoms with Crippen molar-refractivity contribution in [1.29, 1.82) is 0 Å². The maximum atomic E-state index is 11.9. The maximum Gasteiger partial charge on any atom is 0.230 e. The lowest BCUT2D eigenvalue weighted by molar-refractivity contribution is -0.118. The summed E-state index contributed by atoms with van der Waals surface area (Å²) in [6.07, 6.45) is 6.48. The van der Waals surface area contributed by atoms with Crippen LogP contribution in [0.2, 0.25) is 0 Å². The van der Waals surface area contributed by atoms with Crippen LogP contribution in [-0.4, -0.2) is 33.9 Å². The molecule has 1 heterocycles. The molecule has 7 heteroatoms. The number of anilines is 1. The predicted octanol–water partition coefficient (Wildman–Crippen LogP) is 3.54. The highest BCUT2D eigenvalue weighted by molar-refractivity contribution is 8.01. The van der Waals surface area contributed by atoms with Gasteiger partial charge in [0.1, 0.15) is 0 Å². The predicted molar refractivity (Wildman–Crippen MR) is 93.6 cm³/mol. The number of hydrogen-bond acceptors (Lipinski definition) is 6. The van der Waals surface area contributed by atoms with Crippen molar-refractivity contribution in [2.45, 2.75) is 62.8 Å². The average Bonchev–Trinajstić information content (AvgIpc) is 2.89. The molecule has 1 aliphatic rings. The van der Waals surface area contributed by atoms with Crippen LogP contribution in [0.15, 0.2) is 4.34 Å². The van der Waals surface area contributed by atoms with Gasteiger partial charge in [-0.15, -0.1) is 10.2 Å². The van der Waals surface area contributed by atoms with E-state index in [0.717, 1.165) is 16.0 Å². The van der Waals surface area contributed by atoms with Gasteiger partial charge in [-0.2, -0.15) is 0 Å². The topological polar surface area (TPSA) is 66.9 Å². The highest BCUT2D eigenvalue weighted by Crippen LogP contribution is 2.27. The van der Waals surface area contributed by atoms with Gasteiger partial charge in [-0.3, -0.25) is 4.79 Å². The molecular formula is C15H26N4OS2. The van der Waals surface area contributed by atoms with Crippen LogP contribution >= 0.6 is 23.1 Å². The highest BCUT2D eigenvalue weighted by atomic mass is 32.2. The van der Waals surface area contributed by atoms with Gasteiger partial charge < -0.3 is 10.6 Å². The first-order valence-electron chi connectivity index (χ1n) is 7.93. The molecule has 22 heavy (non-hydrogen) atoms. The lowest BCUT2D eigenvalue weighted by Crippen LogP contribution is -2.31. The van der Waals surface area contributed by atoms with E-state index in [1.807, 2.05) is 0 Å². The quantitative estimate of drug-likeness (QED) is 0.774. The van der Waals surface area contributed by atoms with Crippen LogP contribution in [0.1, 0.15) is 52.9 Å². The summed E-state index contributed by atoms with van der Waals surface area (Å²) >= 11 is 2.95. The summed E-state index contributed by atoms with van der Waals surface area (Å²) in [7, 11) is 0. The second-order valence-electron chi connectivity index (χ2n) is 6.84. The Morgan fingerprint density at radius 1 is 1.27 bits per heavy atom. The van der Waals surface area contributed by atoms with Gasteiger partial charge in [-0.25, -0.2) is 0 Å². The normalized spacial score (nSPS) is 16.5. The molecule has 0 atom stereocenters. The maximum absolute atomic E-state index is 11.9. The number of amides is 1. The molecule has 0 spiro atoms. The molecule has 0 aliphatic heterocycles. The van der Waals surface area contributed by atoms with Crippen molar-refractivity contribution < 1.29 is 4.79 Å². The van der Waals surface area contributed by atoms with Gasteiger partial charge in [0.2, 0.25) is 11.0 Å². The monoisotopic (exact) mass is 342 g/mol. The summed E-state index contributed by atoms with van der Waals surface area (Å²) < 4.78 is 0.833. The molecule has 1 aliphatic carbocycles. The number of carbonyl (C=O) groups is 1. The zero-order valence-corrected chi connectivity index (χ0v) is 15.3. The molecule has 1 saturated carbocycles. The number of hydrogen-bond donors (Lipinski definition) is 2. The molecule has 0 bridgehead atoms. The van der Waals surface area contributed by atoms with Crippen molar-refractivity contribution in [1.82, 2.24) is 15.5 Å². The van der Waals surface area contributed by atoms with Crippen molar-refractivity contribution in [2.75, 3.05) is 17.6 Å². The van der Waals surface area contributed by atoms with Crippen LogP contribution in [0.4, 0.5) is 5.13 Å². The van der Waals surface area contributed by atoms with Crippen molar-refractivity contribution in [3.63, 3.8) is 0 Å². The Morgan fingerprint density at radius 3 is 2.68 bits per heavy atom. The smallest absolute Gasteiger partial charge is 0.230 e. The summed E-state index contributed by atoms with van der Waals surface area (Å²) in [4.78, 5) is 11.9. The Balaban J connectivity index is 1.67. The van der Waals surface area contributed by atoms with Gasteiger partial charge >= 0.3 is 0 Å². The van der Waals surface area contributed by atoms with Crippen LogP contribution in [0.5, 0.6) is 0 Å².